The van der Waals surface area contributed by atoms with Gasteiger partial charge in [0.25, 0.3) is 0 Å². The Labute approximate surface area is 203 Å². The molecule has 0 atom stereocenters. The molecule has 0 N–H and O–H groups in total. The highest BCUT2D eigenvalue weighted by Crippen LogP contribution is 2.22. The third-order valence-electron chi connectivity index (χ3n) is 6.27. The number of quaternary nitrogens is 1. The summed E-state index contributed by atoms with van der Waals surface area (Å²) in [6.45, 7) is 6.67. The van der Waals surface area contributed by atoms with Gasteiger partial charge in [-0.15, -0.1) is 11.6 Å². The number of nitrogens with zero attached hydrogens (tertiary/aromatic N) is 1. The first-order valence-electron chi connectivity index (χ1n) is 12.3. The fraction of sp³-hybridized carbons (Fsp3) is 0.571. The van der Waals surface area contributed by atoms with Crippen LogP contribution in [0.1, 0.15) is 82.3 Å². The van der Waals surface area contributed by atoms with Gasteiger partial charge >= 0.3 is 0 Å². The minimum Gasteiger partial charge on any atom is -1.00 e. The fourth-order valence-corrected chi connectivity index (χ4v) is 4.90. The number of alkyl halides is 1. The van der Waals surface area contributed by atoms with E-state index in [0.717, 1.165) is 30.0 Å². The molecule has 0 saturated heterocycles. The Morgan fingerprint density at radius 3 is 1.42 bits per heavy atom. The van der Waals surface area contributed by atoms with Gasteiger partial charge in [-0.25, -0.2) is 0 Å². The van der Waals surface area contributed by atoms with Gasteiger partial charge in [-0.05, 0) is 12.8 Å². The second-order valence-electron chi connectivity index (χ2n) is 8.95. The van der Waals surface area contributed by atoms with Gasteiger partial charge < -0.3 is 16.9 Å². The third kappa shape index (κ3) is 12.0. The molecule has 0 amide bonds. The van der Waals surface area contributed by atoms with Gasteiger partial charge in [-0.2, -0.15) is 0 Å². The first-order chi connectivity index (χ1) is 14.8. The molecule has 0 unspecified atom stereocenters. The highest BCUT2D eigenvalue weighted by molar-refractivity contribution is 6.17. The minimum absolute atomic E-state index is 0. The van der Waals surface area contributed by atoms with Gasteiger partial charge in [-0.1, -0.05) is 119 Å². The molecule has 0 aliphatic heterocycles. The van der Waals surface area contributed by atoms with E-state index in [0.29, 0.717) is 0 Å². The molecule has 174 valence electrons. The number of benzene rings is 2. The van der Waals surface area contributed by atoms with Crippen LogP contribution in [0.15, 0.2) is 60.7 Å². The highest BCUT2D eigenvalue weighted by Gasteiger charge is 2.27. The maximum absolute atomic E-state index is 6.34. The van der Waals surface area contributed by atoms with Crippen molar-refractivity contribution in [2.75, 3.05) is 19.0 Å². The minimum atomic E-state index is 0. The van der Waals surface area contributed by atoms with Crippen LogP contribution in [0.2, 0.25) is 0 Å². The molecule has 1 nitrogen and oxygen atoms in total. The van der Waals surface area contributed by atoms with Crippen LogP contribution < -0.4 is 12.4 Å². The molecular formula is C28H43Cl2N. The van der Waals surface area contributed by atoms with E-state index in [1.807, 2.05) is 0 Å². The van der Waals surface area contributed by atoms with Gasteiger partial charge in [0.1, 0.15) is 13.1 Å². The Balaban J connectivity index is 0.00000480. The Morgan fingerprint density at radius 1 is 0.581 bits per heavy atom. The van der Waals surface area contributed by atoms with Gasteiger partial charge in [0.05, 0.1) is 19.0 Å². The summed E-state index contributed by atoms with van der Waals surface area (Å²) in [5.74, 6) is 0.720. The second-order valence-corrected chi connectivity index (χ2v) is 9.33. The van der Waals surface area contributed by atoms with Crippen molar-refractivity contribution in [3.63, 3.8) is 0 Å². The van der Waals surface area contributed by atoms with Crippen LogP contribution in [0.4, 0.5) is 0 Å². The molecule has 2 aromatic rings. The molecule has 0 aromatic heterocycles. The number of rotatable bonds is 17. The molecule has 0 fully saturated rings. The summed E-state index contributed by atoms with van der Waals surface area (Å²) in [7, 11) is 0. The van der Waals surface area contributed by atoms with Crippen molar-refractivity contribution in [3.8, 4) is 0 Å². The number of unbranched alkanes of at least 4 members (excludes halogenated alkanes) is 9. The quantitative estimate of drug-likeness (QED) is 0.168. The smallest absolute Gasteiger partial charge is 0.105 e. The SMILES string of the molecule is CCCCCCCCCCCC[N+](CCCl)(Cc1ccccc1)Cc1ccccc1.[Cl-]. The number of hydrogen-bond donors (Lipinski definition) is 0. The largest absolute Gasteiger partial charge is 1.00 e. The van der Waals surface area contributed by atoms with E-state index < -0.39 is 0 Å². The van der Waals surface area contributed by atoms with Crippen LogP contribution in [0.5, 0.6) is 0 Å². The average Bonchev–Trinajstić information content (AvgIpc) is 2.77. The standard InChI is InChI=1S/C28H43ClN.ClH/c1-2-3-4-5-6-7-8-9-10-17-23-30(24-22-29,25-27-18-13-11-14-19-27)26-28-20-15-12-16-21-28;/h11-16,18-21H,2-10,17,22-26H2,1H3;1H/q+1;/p-1. The van der Waals surface area contributed by atoms with Gasteiger partial charge in [0.15, 0.2) is 0 Å². The van der Waals surface area contributed by atoms with Crippen molar-refractivity contribution in [1.82, 2.24) is 0 Å². The lowest BCUT2D eigenvalue weighted by Crippen LogP contribution is -3.00. The van der Waals surface area contributed by atoms with Crippen molar-refractivity contribution in [1.29, 1.82) is 0 Å². The molecule has 2 aromatic carbocycles. The van der Waals surface area contributed by atoms with E-state index in [9.17, 15) is 0 Å². The lowest BCUT2D eigenvalue weighted by molar-refractivity contribution is -0.951. The predicted octanol–water partition coefficient (Wildman–Crippen LogP) is 5.37. The topological polar surface area (TPSA) is 0 Å². The molecule has 0 aliphatic carbocycles. The number of hydrogen-bond acceptors (Lipinski definition) is 0. The molecular weight excluding hydrogens is 421 g/mol. The first kappa shape index (κ1) is 28.0. The molecule has 3 heteroatoms. The van der Waals surface area contributed by atoms with E-state index in [1.54, 1.807) is 0 Å². The molecule has 31 heavy (non-hydrogen) atoms. The van der Waals surface area contributed by atoms with Crippen LogP contribution in [0, 0.1) is 0 Å². The Kier molecular flexibility index (Phi) is 15.8. The molecule has 0 saturated carbocycles. The van der Waals surface area contributed by atoms with Crippen LogP contribution in [-0.2, 0) is 13.1 Å². The lowest BCUT2D eigenvalue weighted by atomic mass is 10.1. The summed E-state index contributed by atoms with van der Waals surface area (Å²) in [5.41, 5.74) is 2.84. The van der Waals surface area contributed by atoms with E-state index in [2.05, 4.69) is 67.6 Å². The zero-order chi connectivity index (χ0) is 21.3. The van der Waals surface area contributed by atoms with Crippen LogP contribution in [0.3, 0.4) is 0 Å². The molecule has 2 rings (SSSR count). The van der Waals surface area contributed by atoms with Gasteiger partial charge in [0.2, 0.25) is 0 Å². The van der Waals surface area contributed by atoms with E-state index in [1.165, 1.54) is 81.9 Å². The Morgan fingerprint density at radius 2 is 1.00 bits per heavy atom. The summed E-state index contributed by atoms with van der Waals surface area (Å²) < 4.78 is 1.06. The van der Waals surface area contributed by atoms with Crippen LogP contribution in [0.25, 0.3) is 0 Å². The van der Waals surface area contributed by atoms with Crippen LogP contribution in [-0.4, -0.2) is 23.5 Å². The van der Waals surface area contributed by atoms with E-state index in [-0.39, 0.29) is 12.4 Å². The van der Waals surface area contributed by atoms with Crippen molar-refractivity contribution < 1.29 is 16.9 Å². The lowest BCUT2D eigenvalue weighted by Gasteiger charge is -2.39. The van der Waals surface area contributed by atoms with Crippen LogP contribution >= 0.6 is 11.6 Å². The normalized spacial score (nSPS) is 11.3. The third-order valence-corrected chi connectivity index (χ3v) is 6.44. The molecule has 0 heterocycles. The average molecular weight is 465 g/mol. The zero-order valence-electron chi connectivity index (χ0n) is 19.6. The summed E-state index contributed by atoms with van der Waals surface area (Å²) in [5, 5.41) is 0. The summed E-state index contributed by atoms with van der Waals surface area (Å²) >= 11 is 6.34. The Bertz CT molecular complexity index is 603. The maximum atomic E-state index is 6.34. The van der Waals surface area contributed by atoms with Crippen molar-refractivity contribution in [2.24, 2.45) is 0 Å². The first-order valence-corrected chi connectivity index (χ1v) is 12.8. The second kappa shape index (κ2) is 17.5. The van der Waals surface area contributed by atoms with Crippen molar-refractivity contribution in [2.45, 2.75) is 84.2 Å². The van der Waals surface area contributed by atoms with Gasteiger partial charge in [-0.3, -0.25) is 0 Å². The monoisotopic (exact) mass is 463 g/mol. The van der Waals surface area contributed by atoms with Crippen molar-refractivity contribution >= 4 is 11.6 Å². The summed E-state index contributed by atoms with van der Waals surface area (Å²) in [6, 6.07) is 21.9. The van der Waals surface area contributed by atoms with E-state index >= 15 is 0 Å². The van der Waals surface area contributed by atoms with Gasteiger partial charge in [0, 0.05) is 11.1 Å². The fourth-order valence-electron chi connectivity index (χ4n) is 4.54. The summed E-state index contributed by atoms with van der Waals surface area (Å²) in [4.78, 5) is 0. The highest BCUT2D eigenvalue weighted by atomic mass is 35.5. The summed E-state index contributed by atoms with van der Waals surface area (Å²) in [6.07, 6.45) is 13.9. The Hall–Kier alpha value is -1.02. The molecule has 0 bridgehead atoms. The van der Waals surface area contributed by atoms with E-state index in [4.69, 9.17) is 11.6 Å². The zero-order valence-corrected chi connectivity index (χ0v) is 21.1. The predicted molar refractivity (Wildman–Crippen MR) is 133 cm³/mol. The molecule has 0 aliphatic rings. The number of halogens is 2. The molecule has 0 spiro atoms. The maximum Gasteiger partial charge on any atom is 0.105 e. The molecule has 0 radical (unpaired) electrons. The van der Waals surface area contributed by atoms with Crippen molar-refractivity contribution in [3.05, 3.63) is 71.8 Å².